The fourth-order valence-electron chi connectivity index (χ4n) is 7.17. The summed E-state index contributed by atoms with van der Waals surface area (Å²) < 4.78 is 4.80. The first-order valence-electron chi connectivity index (χ1n) is 14.7. The molecule has 0 N–H and O–H groups in total. The molecule has 0 saturated heterocycles. The standard InChI is InChI=1S/C40H30BrNS/c1-5-12-30-31-16-11-15-27(39(31)43-38(30)6-2)24-19-25(41)21-26(20-24)42-36-18-10-8-14-29(36)33-22-32-28-13-7-9-17-34(28)40(3,4)35(32)23-37(33)42/h5-23H,2H2,1,3-4H3/b12-5-. The quantitative estimate of drug-likeness (QED) is 0.181. The van der Waals surface area contributed by atoms with Crippen LogP contribution in [0.2, 0.25) is 0 Å². The van der Waals surface area contributed by atoms with E-state index in [2.05, 4.69) is 157 Å². The van der Waals surface area contributed by atoms with E-state index in [1.807, 2.05) is 17.4 Å². The number of thiophene rings is 1. The first-order chi connectivity index (χ1) is 20.9. The van der Waals surface area contributed by atoms with Crippen molar-refractivity contribution >= 4 is 71.3 Å². The Labute approximate surface area is 264 Å². The highest BCUT2D eigenvalue weighted by Crippen LogP contribution is 2.51. The maximum atomic E-state index is 4.11. The molecule has 0 amide bonds. The van der Waals surface area contributed by atoms with Gasteiger partial charge in [0.15, 0.2) is 0 Å². The molecule has 0 radical (unpaired) electrons. The molecule has 0 spiro atoms. The molecule has 8 rings (SSSR count). The van der Waals surface area contributed by atoms with E-state index in [0.717, 1.165) is 10.2 Å². The van der Waals surface area contributed by atoms with Crippen molar-refractivity contribution in [2.75, 3.05) is 0 Å². The molecule has 7 aromatic rings. The minimum absolute atomic E-state index is 0.0633. The molecule has 0 unspecified atom stereocenters. The lowest BCUT2D eigenvalue weighted by molar-refractivity contribution is 0.661. The van der Waals surface area contributed by atoms with Crippen molar-refractivity contribution < 1.29 is 0 Å². The van der Waals surface area contributed by atoms with Gasteiger partial charge in [-0.25, -0.2) is 0 Å². The van der Waals surface area contributed by atoms with Gasteiger partial charge in [-0.05, 0) is 82.3 Å². The minimum atomic E-state index is -0.0633. The number of benzene rings is 5. The predicted octanol–water partition coefficient (Wildman–Crippen LogP) is 12.4. The monoisotopic (exact) mass is 635 g/mol. The number of nitrogens with zero attached hydrogens (tertiary/aromatic N) is 1. The van der Waals surface area contributed by atoms with Gasteiger partial charge in [-0.1, -0.05) is 115 Å². The molecule has 5 aromatic carbocycles. The number of aromatic nitrogens is 1. The first-order valence-corrected chi connectivity index (χ1v) is 16.3. The molecule has 1 aliphatic rings. The van der Waals surface area contributed by atoms with E-state index in [0.29, 0.717) is 0 Å². The lowest BCUT2D eigenvalue weighted by Crippen LogP contribution is -2.14. The molecule has 0 fully saturated rings. The van der Waals surface area contributed by atoms with Gasteiger partial charge in [-0.2, -0.15) is 0 Å². The summed E-state index contributed by atoms with van der Waals surface area (Å²) in [5.74, 6) is 0. The van der Waals surface area contributed by atoms with E-state index in [9.17, 15) is 0 Å². The zero-order valence-electron chi connectivity index (χ0n) is 24.4. The Hall–Kier alpha value is -4.18. The van der Waals surface area contributed by atoms with Crippen LogP contribution in [0, 0.1) is 0 Å². The summed E-state index contributed by atoms with van der Waals surface area (Å²) in [5, 5.41) is 3.83. The molecule has 0 aliphatic heterocycles. The van der Waals surface area contributed by atoms with Crippen LogP contribution in [-0.4, -0.2) is 4.57 Å². The number of rotatable bonds is 4. The second-order valence-electron chi connectivity index (χ2n) is 11.9. The highest BCUT2D eigenvalue weighted by Gasteiger charge is 2.36. The van der Waals surface area contributed by atoms with Crippen LogP contribution in [0.3, 0.4) is 0 Å². The molecule has 2 heterocycles. The topological polar surface area (TPSA) is 4.93 Å². The smallest absolute Gasteiger partial charge is 0.0544 e. The highest BCUT2D eigenvalue weighted by molar-refractivity contribution is 9.10. The van der Waals surface area contributed by atoms with Gasteiger partial charge < -0.3 is 4.57 Å². The van der Waals surface area contributed by atoms with Gasteiger partial charge in [0.25, 0.3) is 0 Å². The number of fused-ring (bicyclic) bond motifs is 7. The van der Waals surface area contributed by atoms with Crippen LogP contribution in [-0.2, 0) is 5.41 Å². The molecule has 208 valence electrons. The molecule has 43 heavy (non-hydrogen) atoms. The lowest BCUT2D eigenvalue weighted by Gasteiger charge is -2.21. The molecule has 1 aliphatic carbocycles. The Morgan fingerprint density at radius 3 is 2.35 bits per heavy atom. The Morgan fingerprint density at radius 2 is 1.51 bits per heavy atom. The molecule has 0 atom stereocenters. The summed E-state index contributed by atoms with van der Waals surface area (Å²) in [6.45, 7) is 10.9. The summed E-state index contributed by atoms with van der Waals surface area (Å²) in [6.07, 6.45) is 6.28. The van der Waals surface area contributed by atoms with Gasteiger partial charge in [-0.15, -0.1) is 11.3 Å². The van der Waals surface area contributed by atoms with Crippen LogP contribution >= 0.6 is 27.3 Å². The molecule has 3 heteroatoms. The van der Waals surface area contributed by atoms with E-state index < -0.39 is 0 Å². The largest absolute Gasteiger partial charge is 0.309 e. The maximum Gasteiger partial charge on any atom is 0.0544 e. The van der Waals surface area contributed by atoms with Gasteiger partial charge in [0.1, 0.15) is 0 Å². The molecule has 0 bridgehead atoms. The summed E-state index contributed by atoms with van der Waals surface area (Å²) in [4.78, 5) is 1.20. The number of hydrogen-bond donors (Lipinski definition) is 0. The maximum absolute atomic E-state index is 4.11. The fraction of sp³-hybridized carbons (Fsp3) is 0.100. The van der Waals surface area contributed by atoms with Crippen molar-refractivity contribution in [2.24, 2.45) is 0 Å². The Kier molecular flexibility index (Phi) is 5.95. The second-order valence-corrected chi connectivity index (χ2v) is 13.9. The van der Waals surface area contributed by atoms with Crippen molar-refractivity contribution in [1.29, 1.82) is 0 Å². The van der Waals surface area contributed by atoms with Crippen LogP contribution in [0.1, 0.15) is 42.3 Å². The van der Waals surface area contributed by atoms with Gasteiger partial charge in [0.05, 0.1) is 11.0 Å². The minimum Gasteiger partial charge on any atom is -0.309 e. The van der Waals surface area contributed by atoms with Gasteiger partial charge >= 0.3 is 0 Å². The second kappa shape index (κ2) is 9.67. The van der Waals surface area contributed by atoms with Crippen molar-refractivity contribution in [3.63, 3.8) is 0 Å². The zero-order valence-corrected chi connectivity index (χ0v) is 26.8. The predicted molar refractivity (Wildman–Crippen MR) is 192 cm³/mol. The SMILES string of the molecule is C=Cc1sc2c(-c3cc(Br)cc(-n4c5ccccc5c5cc6c(cc54)C(C)(C)c4ccccc4-6)c3)cccc2c1/C=C\C. The molecular formula is C40H30BrNS. The average Bonchev–Trinajstić information content (AvgIpc) is 3.62. The third-order valence-electron chi connectivity index (χ3n) is 9.13. The number of hydrogen-bond acceptors (Lipinski definition) is 1. The van der Waals surface area contributed by atoms with Gasteiger partial charge in [0.2, 0.25) is 0 Å². The number of para-hydroxylation sites is 1. The summed E-state index contributed by atoms with van der Waals surface area (Å²) in [5.41, 5.74) is 12.7. The molecule has 1 nitrogen and oxygen atoms in total. The summed E-state index contributed by atoms with van der Waals surface area (Å²) >= 11 is 5.71. The van der Waals surface area contributed by atoms with Gasteiger partial charge in [0, 0.05) is 41.3 Å². The van der Waals surface area contributed by atoms with Crippen molar-refractivity contribution in [3.05, 3.63) is 136 Å². The number of allylic oxidation sites excluding steroid dienone is 1. The van der Waals surface area contributed by atoms with E-state index >= 15 is 0 Å². The van der Waals surface area contributed by atoms with E-state index in [1.54, 1.807) is 0 Å². The van der Waals surface area contributed by atoms with Crippen LogP contribution in [0.5, 0.6) is 0 Å². The van der Waals surface area contributed by atoms with Crippen LogP contribution < -0.4 is 0 Å². The van der Waals surface area contributed by atoms with Crippen molar-refractivity contribution in [2.45, 2.75) is 26.2 Å². The Morgan fingerprint density at radius 1 is 0.744 bits per heavy atom. The van der Waals surface area contributed by atoms with Crippen LogP contribution in [0.4, 0.5) is 0 Å². The van der Waals surface area contributed by atoms with E-state index in [1.165, 1.54) is 75.7 Å². The van der Waals surface area contributed by atoms with Crippen LogP contribution in [0.25, 0.3) is 72.0 Å². The Balaban J connectivity index is 1.41. The zero-order chi connectivity index (χ0) is 29.5. The normalized spacial score (nSPS) is 13.8. The lowest BCUT2D eigenvalue weighted by atomic mass is 9.82. The third-order valence-corrected chi connectivity index (χ3v) is 10.8. The summed E-state index contributed by atoms with van der Waals surface area (Å²) in [6, 6.07) is 36.1. The summed E-state index contributed by atoms with van der Waals surface area (Å²) in [7, 11) is 0. The highest BCUT2D eigenvalue weighted by atomic mass is 79.9. The number of halogens is 1. The van der Waals surface area contributed by atoms with E-state index in [-0.39, 0.29) is 5.41 Å². The average molecular weight is 637 g/mol. The van der Waals surface area contributed by atoms with Crippen molar-refractivity contribution in [3.8, 4) is 27.9 Å². The molecule has 0 saturated carbocycles. The third kappa shape index (κ3) is 3.81. The van der Waals surface area contributed by atoms with Gasteiger partial charge in [-0.3, -0.25) is 0 Å². The van der Waals surface area contributed by atoms with Crippen LogP contribution in [0.15, 0.2) is 114 Å². The Bertz CT molecular complexity index is 2310. The molecule has 2 aromatic heterocycles. The van der Waals surface area contributed by atoms with Crippen molar-refractivity contribution in [1.82, 2.24) is 4.57 Å². The molecular weight excluding hydrogens is 606 g/mol. The fourth-order valence-corrected chi connectivity index (χ4v) is 8.83. The first kappa shape index (κ1) is 26.4. The van der Waals surface area contributed by atoms with E-state index in [4.69, 9.17) is 0 Å².